The molecular formula is C21H27N3O2S2. The van der Waals surface area contributed by atoms with E-state index in [0.29, 0.717) is 17.4 Å². The molecule has 1 heterocycles. The summed E-state index contributed by atoms with van der Waals surface area (Å²) in [5.74, 6) is 2.67. The van der Waals surface area contributed by atoms with Crippen LogP contribution < -0.4 is 5.32 Å². The Bertz CT molecular complexity index is 897. The molecule has 0 bridgehead atoms. The molecule has 0 saturated carbocycles. The van der Waals surface area contributed by atoms with Crippen molar-refractivity contribution in [3.8, 4) is 0 Å². The first kappa shape index (κ1) is 20.7. The highest BCUT2D eigenvalue weighted by Gasteiger charge is 2.24. The zero-order valence-corrected chi connectivity index (χ0v) is 18.0. The lowest BCUT2D eigenvalue weighted by Gasteiger charge is -2.22. The molecule has 3 rings (SSSR count). The molecule has 1 fully saturated rings. The Morgan fingerprint density at radius 3 is 2.54 bits per heavy atom. The molecule has 1 aliphatic rings. The smallest absolute Gasteiger partial charge is 0.193 e. The van der Waals surface area contributed by atoms with Crippen LogP contribution in [0.4, 0.5) is 0 Å². The topological polar surface area (TPSA) is 61.8 Å². The van der Waals surface area contributed by atoms with Crippen molar-refractivity contribution in [3.05, 3.63) is 60.2 Å². The standard InChI is InChI=1S/C21H27N3O2S2/c1-22-21(23-14-17-8-10-20(11-9-17)28(2,25)26)24-13-12-18(15-24)16-27-19-6-4-3-5-7-19/h3-11,18H,12-16H2,1-2H3,(H,22,23). The van der Waals surface area contributed by atoms with Crippen LogP contribution in [0.5, 0.6) is 0 Å². The number of sulfone groups is 1. The van der Waals surface area contributed by atoms with E-state index in [4.69, 9.17) is 0 Å². The second kappa shape index (κ2) is 9.47. The van der Waals surface area contributed by atoms with Gasteiger partial charge in [0.25, 0.3) is 0 Å². The second-order valence-corrected chi connectivity index (χ2v) is 10.2. The van der Waals surface area contributed by atoms with Gasteiger partial charge in [-0.15, -0.1) is 11.8 Å². The quantitative estimate of drug-likeness (QED) is 0.444. The van der Waals surface area contributed by atoms with Crippen molar-refractivity contribution in [2.45, 2.75) is 22.8 Å². The van der Waals surface area contributed by atoms with Gasteiger partial charge in [-0.2, -0.15) is 0 Å². The van der Waals surface area contributed by atoms with Crippen molar-refractivity contribution >= 4 is 27.6 Å². The minimum absolute atomic E-state index is 0.346. The molecule has 2 aromatic carbocycles. The van der Waals surface area contributed by atoms with Crippen LogP contribution in [0.3, 0.4) is 0 Å². The predicted octanol–water partition coefficient (Wildman–Crippen LogP) is 3.28. The van der Waals surface area contributed by atoms with Crippen LogP contribution in [-0.4, -0.2) is 51.4 Å². The molecule has 1 atom stereocenters. The average Bonchev–Trinajstić information content (AvgIpc) is 3.16. The number of thioether (sulfide) groups is 1. The van der Waals surface area contributed by atoms with E-state index in [-0.39, 0.29) is 0 Å². The van der Waals surface area contributed by atoms with E-state index < -0.39 is 9.84 Å². The first-order valence-electron chi connectivity index (χ1n) is 9.38. The number of hydrogen-bond donors (Lipinski definition) is 1. The number of hydrogen-bond acceptors (Lipinski definition) is 4. The van der Waals surface area contributed by atoms with Gasteiger partial charge in [-0.05, 0) is 42.2 Å². The molecule has 150 valence electrons. The molecule has 0 amide bonds. The zero-order valence-electron chi connectivity index (χ0n) is 16.3. The largest absolute Gasteiger partial charge is 0.352 e. The number of rotatable bonds is 6. The summed E-state index contributed by atoms with van der Waals surface area (Å²) in [5, 5.41) is 3.40. The van der Waals surface area contributed by atoms with Gasteiger partial charge in [0, 0.05) is 43.6 Å². The summed E-state index contributed by atoms with van der Waals surface area (Å²) in [6.07, 6.45) is 2.39. The first-order valence-corrected chi connectivity index (χ1v) is 12.3. The average molecular weight is 418 g/mol. The van der Waals surface area contributed by atoms with E-state index in [1.807, 2.05) is 30.0 Å². The molecule has 0 aromatic heterocycles. The number of benzene rings is 2. The molecule has 0 radical (unpaired) electrons. The fraction of sp³-hybridized carbons (Fsp3) is 0.381. The van der Waals surface area contributed by atoms with E-state index in [1.54, 1.807) is 19.2 Å². The highest BCUT2D eigenvalue weighted by atomic mass is 32.2. The summed E-state index contributed by atoms with van der Waals surface area (Å²) in [4.78, 5) is 8.40. The Balaban J connectivity index is 1.49. The lowest BCUT2D eigenvalue weighted by atomic mass is 10.2. The Hall–Kier alpha value is -1.99. The number of likely N-dealkylation sites (tertiary alicyclic amines) is 1. The SMILES string of the molecule is CN=C(NCc1ccc(S(C)(=O)=O)cc1)N1CCC(CSc2ccccc2)C1. The molecule has 1 saturated heterocycles. The molecule has 0 aliphatic carbocycles. The Kier molecular flexibility index (Phi) is 7.02. The van der Waals surface area contributed by atoms with E-state index in [2.05, 4.69) is 39.5 Å². The van der Waals surface area contributed by atoms with Crippen LogP contribution >= 0.6 is 11.8 Å². The summed E-state index contributed by atoms with van der Waals surface area (Å²) in [6, 6.07) is 17.5. The number of aliphatic imine (C=N–C) groups is 1. The molecule has 1 aliphatic heterocycles. The Labute approximate surface area is 172 Å². The maximum atomic E-state index is 11.6. The third-order valence-electron chi connectivity index (χ3n) is 4.83. The normalized spacial score (nSPS) is 17.7. The molecule has 5 nitrogen and oxygen atoms in total. The van der Waals surface area contributed by atoms with Gasteiger partial charge < -0.3 is 10.2 Å². The van der Waals surface area contributed by atoms with Crippen LogP contribution in [0.1, 0.15) is 12.0 Å². The highest BCUT2D eigenvalue weighted by Crippen LogP contribution is 2.25. The predicted molar refractivity (Wildman–Crippen MR) is 117 cm³/mol. The summed E-state index contributed by atoms with van der Waals surface area (Å²) < 4.78 is 23.1. The van der Waals surface area contributed by atoms with Gasteiger partial charge in [0.15, 0.2) is 15.8 Å². The third-order valence-corrected chi connectivity index (χ3v) is 7.20. The van der Waals surface area contributed by atoms with Crippen molar-refractivity contribution in [1.29, 1.82) is 0 Å². The summed E-state index contributed by atoms with van der Waals surface area (Å²) in [7, 11) is -1.35. The van der Waals surface area contributed by atoms with Crippen molar-refractivity contribution in [2.24, 2.45) is 10.9 Å². The van der Waals surface area contributed by atoms with E-state index in [9.17, 15) is 8.42 Å². The number of guanidine groups is 1. The van der Waals surface area contributed by atoms with Crippen molar-refractivity contribution in [2.75, 3.05) is 32.1 Å². The fourth-order valence-corrected chi connectivity index (χ4v) is 4.94. The monoisotopic (exact) mass is 417 g/mol. The van der Waals surface area contributed by atoms with Crippen molar-refractivity contribution in [3.63, 3.8) is 0 Å². The lowest BCUT2D eigenvalue weighted by Crippen LogP contribution is -2.39. The second-order valence-electron chi connectivity index (χ2n) is 7.04. The molecule has 0 spiro atoms. The Morgan fingerprint density at radius 2 is 1.89 bits per heavy atom. The summed E-state index contributed by atoms with van der Waals surface area (Å²) in [6.45, 7) is 2.63. The fourth-order valence-electron chi connectivity index (χ4n) is 3.26. The van der Waals surface area contributed by atoms with E-state index in [0.717, 1.165) is 30.4 Å². The van der Waals surface area contributed by atoms with E-state index in [1.165, 1.54) is 17.6 Å². The van der Waals surface area contributed by atoms with Gasteiger partial charge in [-0.3, -0.25) is 4.99 Å². The van der Waals surface area contributed by atoms with Crippen molar-refractivity contribution < 1.29 is 8.42 Å². The maximum absolute atomic E-state index is 11.6. The molecule has 1 N–H and O–H groups in total. The van der Waals surface area contributed by atoms with Gasteiger partial charge in [0.1, 0.15) is 0 Å². The molecule has 7 heteroatoms. The third kappa shape index (κ3) is 5.75. The van der Waals surface area contributed by atoms with Gasteiger partial charge in [-0.1, -0.05) is 30.3 Å². The zero-order chi connectivity index (χ0) is 20.0. The van der Waals surface area contributed by atoms with Crippen LogP contribution in [0.15, 0.2) is 69.4 Å². The van der Waals surface area contributed by atoms with Crippen LogP contribution in [0.25, 0.3) is 0 Å². The van der Waals surface area contributed by atoms with E-state index >= 15 is 0 Å². The molecule has 2 aromatic rings. The highest BCUT2D eigenvalue weighted by molar-refractivity contribution is 7.99. The van der Waals surface area contributed by atoms with Crippen LogP contribution in [0, 0.1) is 5.92 Å². The maximum Gasteiger partial charge on any atom is 0.193 e. The van der Waals surface area contributed by atoms with Crippen molar-refractivity contribution in [1.82, 2.24) is 10.2 Å². The van der Waals surface area contributed by atoms with Gasteiger partial charge in [0.2, 0.25) is 0 Å². The Morgan fingerprint density at radius 1 is 1.18 bits per heavy atom. The molecule has 1 unspecified atom stereocenters. The number of nitrogens with one attached hydrogen (secondary N) is 1. The van der Waals surface area contributed by atoms with Gasteiger partial charge >= 0.3 is 0 Å². The number of nitrogens with zero attached hydrogens (tertiary/aromatic N) is 2. The molecule has 28 heavy (non-hydrogen) atoms. The van der Waals surface area contributed by atoms with Gasteiger partial charge in [0.05, 0.1) is 4.90 Å². The van der Waals surface area contributed by atoms with Crippen LogP contribution in [-0.2, 0) is 16.4 Å². The summed E-state index contributed by atoms with van der Waals surface area (Å²) in [5.41, 5.74) is 1.03. The first-order chi connectivity index (χ1) is 13.5. The minimum Gasteiger partial charge on any atom is -0.352 e. The summed E-state index contributed by atoms with van der Waals surface area (Å²) >= 11 is 1.92. The van der Waals surface area contributed by atoms with Crippen LogP contribution in [0.2, 0.25) is 0 Å². The lowest BCUT2D eigenvalue weighted by molar-refractivity contribution is 0.474. The minimum atomic E-state index is -3.15. The molecular weight excluding hydrogens is 390 g/mol. The van der Waals surface area contributed by atoms with Gasteiger partial charge in [-0.25, -0.2) is 8.42 Å².